The molecule has 0 radical (unpaired) electrons. The van der Waals surface area contributed by atoms with Crippen LogP contribution in [0.5, 0.6) is 0 Å². The lowest BCUT2D eigenvalue weighted by Crippen LogP contribution is -2.24. The van der Waals surface area contributed by atoms with Crippen molar-refractivity contribution >= 4 is 40.9 Å². The van der Waals surface area contributed by atoms with Gasteiger partial charge < -0.3 is 10.6 Å². The third-order valence-corrected chi connectivity index (χ3v) is 4.21. The van der Waals surface area contributed by atoms with Gasteiger partial charge in [-0.1, -0.05) is 23.7 Å². The van der Waals surface area contributed by atoms with Crippen LogP contribution >= 0.6 is 23.4 Å². The number of halogens is 1. The van der Waals surface area contributed by atoms with E-state index in [1.54, 1.807) is 12.1 Å². The smallest absolute Gasteiger partial charge is 0.230 e. The van der Waals surface area contributed by atoms with Crippen LogP contribution in [0, 0.1) is 0 Å². The predicted octanol–water partition coefficient (Wildman–Crippen LogP) is 3.71. The van der Waals surface area contributed by atoms with Crippen molar-refractivity contribution < 1.29 is 9.59 Å². The number of thioether (sulfide) groups is 1. The highest BCUT2D eigenvalue weighted by Crippen LogP contribution is 2.20. The second kappa shape index (κ2) is 8.60. The molecule has 0 unspecified atom stereocenters. The zero-order chi connectivity index (χ0) is 16.7. The monoisotopic (exact) mass is 348 g/mol. The Morgan fingerprint density at radius 1 is 1.04 bits per heavy atom. The van der Waals surface area contributed by atoms with E-state index in [2.05, 4.69) is 10.6 Å². The van der Waals surface area contributed by atoms with E-state index >= 15 is 0 Å². The Balaban J connectivity index is 1.75. The Bertz CT molecular complexity index is 672. The summed E-state index contributed by atoms with van der Waals surface area (Å²) in [6, 6.07) is 14.8. The topological polar surface area (TPSA) is 58.2 Å². The molecule has 0 saturated heterocycles. The summed E-state index contributed by atoms with van der Waals surface area (Å²) in [5, 5.41) is 6.25. The molecule has 0 aliphatic rings. The molecule has 0 heterocycles. The van der Waals surface area contributed by atoms with Crippen LogP contribution in [0.25, 0.3) is 0 Å². The molecule has 0 aliphatic carbocycles. The van der Waals surface area contributed by atoms with Crippen LogP contribution in [0.3, 0.4) is 0 Å². The van der Waals surface area contributed by atoms with Crippen LogP contribution in [-0.2, 0) is 16.1 Å². The van der Waals surface area contributed by atoms with Gasteiger partial charge in [0.2, 0.25) is 11.8 Å². The number of hydrogen-bond acceptors (Lipinski definition) is 3. The molecule has 2 amide bonds. The van der Waals surface area contributed by atoms with E-state index in [1.165, 1.54) is 18.7 Å². The molecule has 6 heteroatoms. The van der Waals surface area contributed by atoms with Crippen LogP contribution in [0.15, 0.2) is 53.4 Å². The van der Waals surface area contributed by atoms with Crippen LogP contribution in [-0.4, -0.2) is 17.6 Å². The Labute approximate surface area is 144 Å². The minimum absolute atomic E-state index is 0.0316. The molecule has 2 rings (SSSR count). The number of benzene rings is 2. The van der Waals surface area contributed by atoms with Gasteiger partial charge in [0.05, 0.1) is 5.75 Å². The first-order chi connectivity index (χ1) is 11.0. The van der Waals surface area contributed by atoms with Gasteiger partial charge in [0, 0.05) is 29.1 Å². The van der Waals surface area contributed by atoms with Crippen LogP contribution in [0.4, 0.5) is 5.69 Å². The molecule has 23 heavy (non-hydrogen) atoms. The number of hydrogen-bond donors (Lipinski definition) is 2. The highest BCUT2D eigenvalue weighted by molar-refractivity contribution is 8.00. The van der Waals surface area contributed by atoms with Gasteiger partial charge in [0.1, 0.15) is 0 Å². The zero-order valence-electron chi connectivity index (χ0n) is 12.6. The molecule has 4 nitrogen and oxygen atoms in total. The van der Waals surface area contributed by atoms with Crippen molar-refractivity contribution in [1.29, 1.82) is 0 Å². The van der Waals surface area contributed by atoms with E-state index in [9.17, 15) is 9.59 Å². The number of rotatable bonds is 6. The first-order valence-corrected chi connectivity index (χ1v) is 8.41. The van der Waals surface area contributed by atoms with Crippen LogP contribution in [0.2, 0.25) is 5.02 Å². The van der Waals surface area contributed by atoms with Crippen molar-refractivity contribution in [3.05, 3.63) is 59.1 Å². The zero-order valence-corrected chi connectivity index (χ0v) is 14.2. The fourth-order valence-electron chi connectivity index (χ4n) is 1.84. The molecule has 0 aromatic heterocycles. The molecule has 0 atom stereocenters. The van der Waals surface area contributed by atoms with E-state index < -0.39 is 0 Å². The minimum atomic E-state index is -0.105. The normalized spacial score (nSPS) is 10.2. The van der Waals surface area contributed by atoms with Gasteiger partial charge in [0.15, 0.2) is 0 Å². The summed E-state index contributed by atoms with van der Waals surface area (Å²) in [5.41, 5.74) is 1.75. The maximum Gasteiger partial charge on any atom is 0.230 e. The first-order valence-electron chi connectivity index (χ1n) is 7.04. The second-order valence-electron chi connectivity index (χ2n) is 4.90. The van der Waals surface area contributed by atoms with E-state index in [0.717, 1.165) is 16.1 Å². The number of carbonyl (C=O) groups excluding carboxylic acids is 2. The van der Waals surface area contributed by atoms with Gasteiger partial charge in [-0.05, 0) is 42.0 Å². The van der Waals surface area contributed by atoms with Crippen molar-refractivity contribution in [3.8, 4) is 0 Å². The average Bonchev–Trinajstić information content (AvgIpc) is 2.53. The van der Waals surface area contributed by atoms with E-state index in [1.807, 2.05) is 36.4 Å². The minimum Gasteiger partial charge on any atom is -0.351 e. The van der Waals surface area contributed by atoms with Crippen LogP contribution < -0.4 is 10.6 Å². The Kier molecular flexibility index (Phi) is 6.50. The second-order valence-corrected chi connectivity index (χ2v) is 6.38. The lowest BCUT2D eigenvalue weighted by molar-refractivity contribution is -0.118. The van der Waals surface area contributed by atoms with Gasteiger partial charge >= 0.3 is 0 Å². The Hall–Kier alpha value is -1.98. The molecule has 0 bridgehead atoms. The summed E-state index contributed by atoms with van der Waals surface area (Å²) in [6.07, 6.45) is 0. The maximum absolute atomic E-state index is 11.9. The summed E-state index contributed by atoms with van der Waals surface area (Å²) in [7, 11) is 0. The highest BCUT2D eigenvalue weighted by Gasteiger charge is 2.04. The number of carbonyl (C=O) groups is 2. The van der Waals surface area contributed by atoms with Crippen molar-refractivity contribution in [1.82, 2.24) is 5.32 Å². The van der Waals surface area contributed by atoms with Crippen molar-refractivity contribution in [2.75, 3.05) is 11.1 Å². The summed E-state index contributed by atoms with van der Waals surface area (Å²) in [5.74, 6) is 0.204. The molecule has 2 N–H and O–H groups in total. The molecule has 0 saturated carbocycles. The SMILES string of the molecule is CC(=O)Nc1ccc(SCC(=O)NCc2ccc(Cl)cc2)cc1. The third-order valence-electron chi connectivity index (χ3n) is 2.95. The molecular formula is C17H17ClN2O2S. The lowest BCUT2D eigenvalue weighted by Gasteiger charge is -2.06. The van der Waals surface area contributed by atoms with Gasteiger partial charge in [-0.2, -0.15) is 0 Å². The molecule has 0 spiro atoms. The number of anilines is 1. The van der Waals surface area contributed by atoms with Crippen LogP contribution in [0.1, 0.15) is 12.5 Å². The number of nitrogens with one attached hydrogen (secondary N) is 2. The number of amides is 2. The lowest BCUT2D eigenvalue weighted by atomic mass is 10.2. The fourth-order valence-corrected chi connectivity index (χ4v) is 2.69. The third kappa shape index (κ3) is 6.34. The summed E-state index contributed by atoms with van der Waals surface area (Å²) in [4.78, 5) is 23.8. The van der Waals surface area contributed by atoms with E-state index in [0.29, 0.717) is 17.3 Å². The largest absolute Gasteiger partial charge is 0.351 e. The Morgan fingerprint density at radius 2 is 1.70 bits per heavy atom. The van der Waals surface area contributed by atoms with Gasteiger partial charge in [0.25, 0.3) is 0 Å². The standard InChI is InChI=1S/C17H17ClN2O2S/c1-12(21)20-15-6-8-16(9-7-15)23-11-17(22)19-10-13-2-4-14(18)5-3-13/h2-9H,10-11H2,1H3,(H,19,22)(H,20,21). The molecular weight excluding hydrogens is 332 g/mol. The van der Waals surface area contributed by atoms with Gasteiger partial charge in [-0.15, -0.1) is 11.8 Å². The van der Waals surface area contributed by atoms with Gasteiger partial charge in [-0.3, -0.25) is 9.59 Å². The molecule has 0 aliphatic heterocycles. The highest BCUT2D eigenvalue weighted by atomic mass is 35.5. The predicted molar refractivity (Wildman–Crippen MR) is 94.8 cm³/mol. The summed E-state index contributed by atoms with van der Waals surface area (Å²) < 4.78 is 0. The fraction of sp³-hybridized carbons (Fsp3) is 0.176. The van der Waals surface area contributed by atoms with Crippen molar-refractivity contribution in [2.24, 2.45) is 0 Å². The van der Waals surface area contributed by atoms with E-state index in [4.69, 9.17) is 11.6 Å². The van der Waals surface area contributed by atoms with Gasteiger partial charge in [-0.25, -0.2) is 0 Å². The quantitative estimate of drug-likeness (QED) is 0.782. The summed E-state index contributed by atoms with van der Waals surface area (Å²) >= 11 is 7.26. The summed E-state index contributed by atoms with van der Waals surface area (Å²) in [6.45, 7) is 1.95. The Morgan fingerprint density at radius 3 is 2.30 bits per heavy atom. The average molecular weight is 349 g/mol. The molecule has 0 fully saturated rings. The maximum atomic E-state index is 11.9. The van der Waals surface area contributed by atoms with Crippen molar-refractivity contribution in [3.63, 3.8) is 0 Å². The van der Waals surface area contributed by atoms with E-state index in [-0.39, 0.29) is 11.8 Å². The molecule has 2 aromatic rings. The molecule has 120 valence electrons. The first kappa shape index (κ1) is 17.4. The van der Waals surface area contributed by atoms with Crippen molar-refractivity contribution in [2.45, 2.75) is 18.4 Å². The molecule has 2 aromatic carbocycles.